The fraction of sp³-hybridized carbons (Fsp3) is 0.967. The number of hydrogen-bond acceptors (Lipinski definition) is 11. The molecule has 0 heterocycles. The molecule has 0 bridgehead atoms. The lowest BCUT2D eigenvalue weighted by Crippen LogP contribution is -2.34. The van der Waals surface area contributed by atoms with Crippen LogP contribution < -0.4 is 5.32 Å². The molecule has 0 atom stereocenters. The first kappa shape index (κ1) is 40.9. The second kappa shape index (κ2) is 32.8. The number of nitrogens with one attached hydrogen (secondary N) is 1. The summed E-state index contributed by atoms with van der Waals surface area (Å²) >= 11 is 0. The molecule has 0 fully saturated rings. The number of hydrogen-bond donors (Lipinski definition) is 1. The molecule has 0 aliphatic carbocycles. The van der Waals surface area contributed by atoms with Crippen molar-refractivity contribution in [2.75, 3.05) is 125 Å². The zero-order valence-electron chi connectivity index (χ0n) is 27.0. The maximum absolute atomic E-state index is 11.5. The summed E-state index contributed by atoms with van der Waals surface area (Å²) < 4.78 is 54.3. The average Bonchev–Trinajstić information content (AvgIpc) is 2.94. The third kappa shape index (κ3) is 36.9. The Morgan fingerprint density at radius 2 is 0.762 bits per heavy atom. The molecule has 1 amide bonds. The van der Waals surface area contributed by atoms with Crippen LogP contribution in [0.4, 0.5) is 4.79 Å². The number of carbonyl (C=O) groups excluding carboxylic acids is 1. The minimum absolute atomic E-state index is 0.388. The van der Waals surface area contributed by atoms with Gasteiger partial charge in [0.1, 0.15) is 5.60 Å². The van der Waals surface area contributed by atoms with Crippen LogP contribution in [-0.2, 0) is 47.4 Å². The molecular weight excluding hydrogens is 550 g/mol. The summed E-state index contributed by atoms with van der Waals surface area (Å²) in [6, 6.07) is 0. The minimum Gasteiger partial charge on any atom is -0.444 e. The van der Waals surface area contributed by atoms with E-state index in [1.165, 1.54) is 25.7 Å². The largest absolute Gasteiger partial charge is 0.444 e. The van der Waals surface area contributed by atoms with Crippen molar-refractivity contribution in [2.45, 2.75) is 65.4 Å². The van der Waals surface area contributed by atoms with Crippen LogP contribution in [0.15, 0.2) is 0 Å². The van der Waals surface area contributed by atoms with Crippen LogP contribution >= 0.6 is 0 Å². The predicted octanol–water partition coefficient (Wildman–Crippen LogP) is 3.63. The van der Waals surface area contributed by atoms with Gasteiger partial charge in [0.25, 0.3) is 0 Å². The molecule has 0 aromatic carbocycles. The molecule has 0 aromatic heterocycles. The molecule has 0 rings (SSSR count). The molecule has 0 unspecified atom stereocenters. The SMILES string of the molecule is CCCCCCCOCCOCCOCCOCCOCCOCCOCCOCCOCCNC(=O)OC(C)(C)C. The number of rotatable bonds is 33. The second-order valence-electron chi connectivity index (χ2n) is 10.4. The lowest BCUT2D eigenvalue weighted by atomic mass is 10.2. The first-order valence-corrected chi connectivity index (χ1v) is 15.6. The number of alkyl carbamates (subject to hydrolysis) is 1. The quantitative estimate of drug-likeness (QED) is 0.110. The van der Waals surface area contributed by atoms with Crippen molar-refractivity contribution in [3.8, 4) is 0 Å². The van der Waals surface area contributed by atoms with Crippen LogP contribution in [0.1, 0.15) is 59.8 Å². The van der Waals surface area contributed by atoms with E-state index in [2.05, 4.69) is 12.2 Å². The Hall–Kier alpha value is -1.09. The zero-order valence-corrected chi connectivity index (χ0v) is 27.0. The summed E-state index contributed by atoms with van der Waals surface area (Å²) in [4.78, 5) is 11.5. The highest BCUT2D eigenvalue weighted by Gasteiger charge is 2.15. The van der Waals surface area contributed by atoms with Gasteiger partial charge in [-0.1, -0.05) is 32.6 Å². The van der Waals surface area contributed by atoms with Gasteiger partial charge in [-0.15, -0.1) is 0 Å². The average molecular weight is 612 g/mol. The first-order chi connectivity index (χ1) is 20.5. The van der Waals surface area contributed by atoms with E-state index in [4.69, 9.17) is 47.4 Å². The molecule has 1 N–H and O–H groups in total. The van der Waals surface area contributed by atoms with Crippen molar-refractivity contribution in [1.82, 2.24) is 5.32 Å². The van der Waals surface area contributed by atoms with E-state index in [1.807, 2.05) is 20.8 Å². The molecule has 0 radical (unpaired) electrons. The monoisotopic (exact) mass is 611 g/mol. The molecule has 0 aromatic rings. The number of ether oxygens (including phenoxy) is 10. The predicted molar refractivity (Wildman–Crippen MR) is 160 cm³/mol. The Bertz CT molecular complexity index is 550. The van der Waals surface area contributed by atoms with Crippen LogP contribution in [0.3, 0.4) is 0 Å². The molecule has 12 nitrogen and oxygen atoms in total. The number of carbonyl (C=O) groups is 1. The van der Waals surface area contributed by atoms with E-state index < -0.39 is 11.7 Å². The summed E-state index contributed by atoms with van der Waals surface area (Å²) in [5.74, 6) is 0. The van der Waals surface area contributed by atoms with Crippen LogP contribution in [0.25, 0.3) is 0 Å². The Morgan fingerprint density at radius 1 is 0.452 bits per heavy atom. The zero-order chi connectivity index (χ0) is 30.8. The van der Waals surface area contributed by atoms with Crippen LogP contribution in [0, 0.1) is 0 Å². The van der Waals surface area contributed by atoms with Crippen LogP contribution in [-0.4, -0.2) is 137 Å². The Morgan fingerprint density at radius 3 is 1.10 bits per heavy atom. The van der Waals surface area contributed by atoms with Crippen molar-refractivity contribution in [3.63, 3.8) is 0 Å². The van der Waals surface area contributed by atoms with Crippen molar-refractivity contribution in [3.05, 3.63) is 0 Å². The van der Waals surface area contributed by atoms with Crippen LogP contribution in [0.5, 0.6) is 0 Å². The first-order valence-electron chi connectivity index (χ1n) is 15.6. The maximum Gasteiger partial charge on any atom is 0.407 e. The van der Waals surface area contributed by atoms with Gasteiger partial charge >= 0.3 is 6.09 Å². The van der Waals surface area contributed by atoms with E-state index in [0.29, 0.717) is 119 Å². The summed E-state index contributed by atoms with van der Waals surface area (Å²) in [5, 5.41) is 2.63. The summed E-state index contributed by atoms with van der Waals surface area (Å²) in [7, 11) is 0. The molecule has 0 aliphatic heterocycles. The fourth-order valence-corrected chi connectivity index (χ4v) is 3.21. The second-order valence-corrected chi connectivity index (χ2v) is 10.4. The van der Waals surface area contributed by atoms with Gasteiger partial charge in [-0.3, -0.25) is 0 Å². The van der Waals surface area contributed by atoms with E-state index in [1.54, 1.807) is 0 Å². The van der Waals surface area contributed by atoms with E-state index >= 15 is 0 Å². The normalized spacial score (nSPS) is 11.7. The van der Waals surface area contributed by atoms with Crippen molar-refractivity contribution in [2.24, 2.45) is 0 Å². The molecule has 252 valence electrons. The van der Waals surface area contributed by atoms with Gasteiger partial charge in [0.2, 0.25) is 0 Å². The Labute approximate surface area is 254 Å². The molecule has 0 aliphatic rings. The van der Waals surface area contributed by atoms with Crippen molar-refractivity contribution < 1.29 is 52.2 Å². The van der Waals surface area contributed by atoms with Gasteiger partial charge < -0.3 is 52.7 Å². The van der Waals surface area contributed by atoms with Gasteiger partial charge in [-0.05, 0) is 27.2 Å². The third-order valence-electron chi connectivity index (χ3n) is 5.28. The van der Waals surface area contributed by atoms with Gasteiger partial charge in [-0.25, -0.2) is 4.79 Å². The van der Waals surface area contributed by atoms with E-state index in [-0.39, 0.29) is 0 Å². The molecule has 0 saturated heterocycles. The van der Waals surface area contributed by atoms with E-state index in [9.17, 15) is 4.79 Å². The fourth-order valence-electron chi connectivity index (χ4n) is 3.21. The number of amides is 1. The topological polar surface area (TPSA) is 121 Å². The summed E-state index contributed by atoms with van der Waals surface area (Å²) in [5.41, 5.74) is -0.506. The highest BCUT2D eigenvalue weighted by atomic mass is 16.6. The lowest BCUT2D eigenvalue weighted by Gasteiger charge is -2.19. The molecule has 42 heavy (non-hydrogen) atoms. The third-order valence-corrected chi connectivity index (χ3v) is 5.28. The van der Waals surface area contributed by atoms with Gasteiger partial charge in [0, 0.05) is 13.2 Å². The highest BCUT2D eigenvalue weighted by Crippen LogP contribution is 2.06. The van der Waals surface area contributed by atoms with Crippen LogP contribution in [0.2, 0.25) is 0 Å². The standard InChI is InChI=1S/C30H61NO11/c1-5-6-7-8-9-11-33-13-15-35-17-19-37-21-23-39-25-27-41-28-26-40-24-22-38-20-18-36-16-14-34-12-10-31-29(32)42-30(2,3)4/h5-28H2,1-4H3,(H,31,32). The van der Waals surface area contributed by atoms with Crippen molar-refractivity contribution >= 4 is 6.09 Å². The highest BCUT2D eigenvalue weighted by molar-refractivity contribution is 5.67. The minimum atomic E-state index is -0.506. The molecule has 0 saturated carbocycles. The molecular formula is C30H61NO11. The Kier molecular flexibility index (Phi) is 32.0. The van der Waals surface area contributed by atoms with Gasteiger partial charge in [-0.2, -0.15) is 0 Å². The van der Waals surface area contributed by atoms with Gasteiger partial charge in [0.05, 0.1) is 112 Å². The van der Waals surface area contributed by atoms with Gasteiger partial charge in [0.15, 0.2) is 0 Å². The van der Waals surface area contributed by atoms with E-state index in [0.717, 1.165) is 13.0 Å². The lowest BCUT2D eigenvalue weighted by molar-refractivity contribution is -0.0250. The van der Waals surface area contributed by atoms with Crippen molar-refractivity contribution in [1.29, 1.82) is 0 Å². The summed E-state index contributed by atoms with van der Waals surface area (Å²) in [6.07, 6.45) is 5.82. The Balaban J connectivity index is 3.09. The molecule has 0 spiro atoms. The number of unbranched alkanes of at least 4 members (excludes halogenated alkanes) is 4. The summed E-state index contributed by atoms with van der Waals surface area (Å²) in [6.45, 7) is 17.7. The molecule has 12 heteroatoms. The smallest absolute Gasteiger partial charge is 0.407 e. The maximum atomic E-state index is 11.5.